The first-order chi connectivity index (χ1) is 9.03. The topological polar surface area (TPSA) is 21.3 Å². The van der Waals surface area contributed by atoms with E-state index in [1.807, 2.05) is 11.8 Å². The van der Waals surface area contributed by atoms with Crippen LogP contribution in [-0.2, 0) is 11.3 Å². The van der Waals surface area contributed by atoms with E-state index in [0.717, 1.165) is 25.7 Å². The van der Waals surface area contributed by atoms with E-state index < -0.39 is 0 Å². The van der Waals surface area contributed by atoms with Crippen molar-refractivity contribution in [3.05, 3.63) is 29.8 Å². The maximum atomic E-state index is 5.41. The van der Waals surface area contributed by atoms with Crippen LogP contribution < -0.4 is 5.32 Å². The van der Waals surface area contributed by atoms with Crippen LogP contribution in [0.1, 0.15) is 32.8 Å². The van der Waals surface area contributed by atoms with E-state index in [-0.39, 0.29) is 5.54 Å². The highest BCUT2D eigenvalue weighted by Crippen LogP contribution is 2.25. The van der Waals surface area contributed by atoms with Gasteiger partial charge in [-0.3, -0.25) is 0 Å². The van der Waals surface area contributed by atoms with Crippen molar-refractivity contribution in [3.8, 4) is 0 Å². The van der Waals surface area contributed by atoms with E-state index in [4.69, 9.17) is 4.74 Å². The van der Waals surface area contributed by atoms with Gasteiger partial charge in [0.15, 0.2) is 0 Å². The Morgan fingerprint density at radius 1 is 1.26 bits per heavy atom. The summed E-state index contributed by atoms with van der Waals surface area (Å²) in [6.07, 6.45) is 1.22. The minimum Gasteiger partial charge on any atom is -0.381 e. The summed E-state index contributed by atoms with van der Waals surface area (Å²) in [5.41, 5.74) is 1.53. The summed E-state index contributed by atoms with van der Waals surface area (Å²) in [6.45, 7) is 9.41. The average molecular weight is 279 g/mol. The number of thioether (sulfide) groups is 1. The lowest BCUT2D eigenvalue weighted by Crippen LogP contribution is -2.35. The molecule has 1 N–H and O–H groups in total. The Kier molecular flexibility index (Phi) is 5.31. The van der Waals surface area contributed by atoms with Crippen molar-refractivity contribution in [3.63, 3.8) is 0 Å². The summed E-state index contributed by atoms with van der Waals surface area (Å²) in [6, 6.07) is 8.93. The van der Waals surface area contributed by atoms with Gasteiger partial charge < -0.3 is 10.1 Å². The highest BCUT2D eigenvalue weighted by Gasteiger charge is 2.15. The van der Waals surface area contributed by atoms with Crippen LogP contribution in [0.5, 0.6) is 0 Å². The van der Waals surface area contributed by atoms with Crippen LogP contribution in [0.15, 0.2) is 29.2 Å². The Labute approximate surface area is 121 Å². The molecule has 0 bridgehead atoms. The molecule has 0 aliphatic carbocycles. The number of rotatable bonds is 5. The maximum Gasteiger partial charge on any atom is 0.0503 e. The fourth-order valence-electron chi connectivity index (χ4n) is 2.00. The molecule has 19 heavy (non-hydrogen) atoms. The van der Waals surface area contributed by atoms with Crippen molar-refractivity contribution < 1.29 is 4.74 Å². The van der Waals surface area contributed by atoms with Crippen molar-refractivity contribution in [2.24, 2.45) is 5.92 Å². The number of nitrogens with one attached hydrogen (secondary N) is 1. The van der Waals surface area contributed by atoms with Crippen LogP contribution in [0.4, 0.5) is 0 Å². The minimum absolute atomic E-state index is 0.176. The maximum absolute atomic E-state index is 5.41. The van der Waals surface area contributed by atoms with Gasteiger partial charge in [0, 0.05) is 29.3 Å². The molecule has 1 unspecified atom stereocenters. The van der Waals surface area contributed by atoms with E-state index in [1.165, 1.54) is 22.6 Å². The van der Waals surface area contributed by atoms with Crippen molar-refractivity contribution in [1.29, 1.82) is 0 Å². The molecule has 1 aliphatic heterocycles. The van der Waals surface area contributed by atoms with Gasteiger partial charge in [0.05, 0.1) is 6.61 Å². The Balaban J connectivity index is 1.77. The average Bonchev–Trinajstić information content (AvgIpc) is 2.87. The van der Waals surface area contributed by atoms with Crippen LogP contribution in [0.2, 0.25) is 0 Å². The summed E-state index contributed by atoms with van der Waals surface area (Å²) < 4.78 is 5.41. The van der Waals surface area contributed by atoms with E-state index in [0.29, 0.717) is 0 Å². The first-order valence-electron chi connectivity index (χ1n) is 7.07. The molecule has 0 amide bonds. The molecule has 1 fully saturated rings. The monoisotopic (exact) mass is 279 g/mol. The van der Waals surface area contributed by atoms with Gasteiger partial charge in [-0.15, -0.1) is 11.8 Å². The predicted molar refractivity (Wildman–Crippen MR) is 82.7 cm³/mol. The third kappa shape index (κ3) is 5.55. The zero-order chi connectivity index (χ0) is 13.7. The molecular formula is C16H25NOS. The number of hydrogen-bond acceptors (Lipinski definition) is 3. The number of ether oxygens (including phenoxy) is 1. The molecule has 1 aromatic carbocycles. The summed E-state index contributed by atoms with van der Waals surface area (Å²) in [5.74, 6) is 1.92. The molecule has 1 aliphatic rings. The van der Waals surface area contributed by atoms with E-state index in [2.05, 4.69) is 50.4 Å². The molecule has 3 heteroatoms. The Hall–Kier alpha value is -0.510. The van der Waals surface area contributed by atoms with Gasteiger partial charge in [0.25, 0.3) is 0 Å². The summed E-state index contributed by atoms with van der Waals surface area (Å²) in [4.78, 5) is 1.37. The van der Waals surface area contributed by atoms with Crippen LogP contribution in [0, 0.1) is 5.92 Å². The normalized spacial score (nSPS) is 19.8. The van der Waals surface area contributed by atoms with E-state index >= 15 is 0 Å². The van der Waals surface area contributed by atoms with Crippen molar-refractivity contribution >= 4 is 11.8 Å². The van der Waals surface area contributed by atoms with Gasteiger partial charge in [0.1, 0.15) is 0 Å². The van der Waals surface area contributed by atoms with Gasteiger partial charge in [-0.25, -0.2) is 0 Å². The molecule has 106 valence electrons. The Bertz CT molecular complexity index is 377. The fraction of sp³-hybridized carbons (Fsp3) is 0.625. The molecule has 2 rings (SSSR count). The molecule has 0 spiro atoms. The standard InChI is InChI=1S/C16H25NOS/c1-16(2,3)17-10-13-4-6-15(7-5-13)19-12-14-8-9-18-11-14/h4-7,14,17H,8-12H2,1-3H3. The molecule has 0 radical (unpaired) electrons. The first kappa shape index (κ1) is 14.9. The van der Waals surface area contributed by atoms with Gasteiger partial charge in [-0.05, 0) is 50.8 Å². The van der Waals surface area contributed by atoms with Gasteiger partial charge in [0.2, 0.25) is 0 Å². The highest BCUT2D eigenvalue weighted by atomic mass is 32.2. The summed E-state index contributed by atoms with van der Waals surface area (Å²) in [5, 5.41) is 3.51. The smallest absolute Gasteiger partial charge is 0.0503 e. The van der Waals surface area contributed by atoms with Crippen LogP contribution in [0.25, 0.3) is 0 Å². The lowest BCUT2D eigenvalue weighted by molar-refractivity contribution is 0.189. The van der Waals surface area contributed by atoms with Gasteiger partial charge in [-0.2, -0.15) is 0 Å². The van der Waals surface area contributed by atoms with Gasteiger partial charge >= 0.3 is 0 Å². The second-order valence-electron chi connectivity index (χ2n) is 6.29. The lowest BCUT2D eigenvalue weighted by Gasteiger charge is -2.20. The Morgan fingerprint density at radius 3 is 2.58 bits per heavy atom. The largest absolute Gasteiger partial charge is 0.381 e. The zero-order valence-electron chi connectivity index (χ0n) is 12.2. The third-order valence-electron chi connectivity index (χ3n) is 3.26. The third-order valence-corrected chi connectivity index (χ3v) is 4.50. The van der Waals surface area contributed by atoms with E-state index in [1.54, 1.807) is 0 Å². The zero-order valence-corrected chi connectivity index (χ0v) is 13.1. The second kappa shape index (κ2) is 6.78. The molecule has 0 aromatic heterocycles. The van der Waals surface area contributed by atoms with Crippen LogP contribution >= 0.6 is 11.8 Å². The Morgan fingerprint density at radius 2 is 2.00 bits per heavy atom. The quantitative estimate of drug-likeness (QED) is 0.830. The van der Waals surface area contributed by atoms with Gasteiger partial charge in [-0.1, -0.05) is 12.1 Å². The minimum atomic E-state index is 0.176. The molecule has 1 heterocycles. The molecule has 1 atom stereocenters. The highest BCUT2D eigenvalue weighted by molar-refractivity contribution is 7.99. The summed E-state index contributed by atoms with van der Waals surface area (Å²) in [7, 11) is 0. The van der Waals surface area contributed by atoms with Crippen molar-refractivity contribution in [1.82, 2.24) is 5.32 Å². The molecule has 1 aromatic rings. The molecule has 2 nitrogen and oxygen atoms in total. The van der Waals surface area contributed by atoms with Crippen molar-refractivity contribution in [2.75, 3.05) is 19.0 Å². The fourth-order valence-corrected chi connectivity index (χ4v) is 3.02. The van der Waals surface area contributed by atoms with Crippen LogP contribution in [-0.4, -0.2) is 24.5 Å². The number of hydrogen-bond donors (Lipinski definition) is 1. The molecular weight excluding hydrogens is 254 g/mol. The van der Waals surface area contributed by atoms with E-state index in [9.17, 15) is 0 Å². The SMILES string of the molecule is CC(C)(C)NCc1ccc(SCC2CCOC2)cc1. The molecule has 1 saturated heterocycles. The first-order valence-corrected chi connectivity index (χ1v) is 8.06. The predicted octanol–water partition coefficient (Wildman–Crippen LogP) is 3.70. The summed E-state index contributed by atoms with van der Waals surface area (Å²) >= 11 is 1.95. The van der Waals surface area contributed by atoms with Crippen molar-refractivity contribution in [2.45, 2.75) is 44.2 Å². The number of benzene rings is 1. The second-order valence-corrected chi connectivity index (χ2v) is 7.38. The molecule has 0 saturated carbocycles. The lowest BCUT2D eigenvalue weighted by atomic mass is 10.1. The van der Waals surface area contributed by atoms with Crippen LogP contribution in [0.3, 0.4) is 0 Å².